The first-order valence-corrected chi connectivity index (χ1v) is 8.57. The number of aromatic nitrogens is 2. The highest BCUT2D eigenvalue weighted by Crippen LogP contribution is 2.09. The van der Waals surface area contributed by atoms with Gasteiger partial charge in [0, 0.05) is 43.3 Å². The summed E-state index contributed by atoms with van der Waals surface area (Å²) in [4.78, 5) is 16.4. The van der Waals surface area contributed by atoms with Crippen molar-refractivity contribution in [2.45, 2.75) is 19.9 Å². The number of benzene rings is 1. The number of nitrogens with one attached hydrogen (secondary N) is 3. The molecule has 0 saturated carbocycles. The van der Waals surface area contributed by atoms with Crippen molar-refractivity contribution in [3.63, 3.8) is 0 Å². The third-order valence-corrected chi connectivity index (χ3v) is 3.45. The summed E-state index contributed by atoms with van der Waals surface area (Å²) in [5, 5.41) is 13.3. The van der Waals surface area contributed by atoms with E-state index in [2.05, 4.69) is 32.0 Å². The van der Waals surface area contributed by atoms with Crippen molar-refractivity contribution in [2.24, 2.45) is 4.99 Å². The third kappa shape index (κ3) is 8.59. The van der Waals surface area contributed by atoms with Crippen molar-refractivity contribution in [1.29, 1.82) is 0 Å². The van der Waals surface area contributed by atoms with Crippen LogP contribution in [0.1, 0.15) is 18.9 Å². The van der Waals surface area contributed by atoms with Crippen molar-refractivity contribution in [3.8, 4) is 12.3 Å². The van der Waals surface area contributed by atoms with Gasteiger partial charge >= 0.3 is 0 Å². The number of guanidine groups is 1. The van der Waals surface area contributed by atoms with Crippen molar-refractivity contribution < 1.29 is 4.79 Å². The van der Waals surface area contributed by atoms with Gasteiger partial charge in [0.1, 0.15) is 6.54 Å². The van der Waals surface area contributed by atoms with Crippen LogP contribution in [0.5, 0.6) is 0 Å². The number of carbonyl (C=O) groups is 1. The molecule has 0 aliphatic rings. The van der Waals surface area contributed by atoms with E-state index in [1.54, 1.807) is 24.4 Å². The van der Waals surface area contributed by atoms with E-state index in [9.17, 15) is 4.79 Å². The Hall–Kier alpha value is -2.54. The lowest BCUT2D eigenvalue weighted by Gasteiger charge is -2.11. The number of anilines is 1. The molecule has 0 bridgehead atoms. The zero-order valence-electron chi connectivity index (χ0n) is 15.3. The average molecular weight is 480 g/mol. The fourth-order valence-corrected chi connectivity index (χ4v) is 2.26. The SMILES string of the molecule is C#Cc1cccc(NC(=O)CN=C(NCC)NCCCn2cccn2)c1.I. The van der Waals surface area contributed by atoms with Crippen LogP contribution in [0.25, 0.3) is 0 Å². The van der Waals surface area contributed by atoms with E-state index in [0.29, 0.717) is 11.6 Å². The molecule has 0 aliphatic heterocycles. The second-order valence-electron chi connectivity index (χ2n) is 5.52. The Labute approximate surface area is 177 Å². The van der Waals surface area contributed by atoms with Gasteiger partial charge in [-0.05, 0) is 37.6 Å². The zero-order valence-corrected chi connectivity index (χ0v) is 17.6. The molecule has 0 radical (unpaired) electrons. The van der Waals surface area contributed by atoms with Crippen LogP contribution in [-0.2, 0) is 11.3 Å². The minimum atomic E-state index is -0.201. The number of aliphatic imine (C=N–C) groups is 1. The number of hydrogen-bond acceptors (Lipinski definition) is 3. The average Bonchev–Trinajstić information content (AvgIpc) is 3.16. The summed E-state index contributed by atoms with van der Waals surface area (Å²) >= 11 is 0. The first-order chi connectivity index (χ1) is 12.7. The molecule has 8 heteroatoms. The van der Waals surface area contributed by atoms with Crippen LogP contribution in [-0.4, -0.2) is 41.3 Å². The molecule has 0 spiro atoms. The van der Waals surface area contributed by atoms with Crippen LogP contribution in [0.3, 0.4) is 0 Å². The van der Waals surface area contributed by atoms with E-state index in [-0.39, 0.29) is 36.4 Å². The summed E-state index contributed by atoms with van der Waals surface area (Å²) in [5.41, 5.74) is 1.39. The van der Waals surface area contributed by atoms with Gasteiger partial charge in [0.2, 0.25) is 5.91 Å². The van der Waals surface area contributed by atoms with Crippen LogP contribution in [0.4, 0.5) is 5.69 Å². The number of amides is 1. The molecule has 0 unspecified atom stereocenters. The minimum Gasteiger partial charge on any atom is -0.357 e. The molecule has 0 aliphatic carbocycles. The van der Waals surface area contributed by atoms with Crippen LogP contribution < -0.4 is 16.0 Å². The first kappa shape index (κ1) is 22.5. The Kier molecular flexibility index (Phi) is 10.6. The van der Waals surface area contributed by atoms with Gasteiger partial charge in [-0.3, -0.25) is 9.48 Å². The first-order valence-electron chi connectivity index (χ1n) is 8.57. The molecule has 1 heterocycles. The topological polar surface area (TPSA) is 83.3 Å². The highest BCUT2D eigenvalue weighted by Gasteiger charge is 2.03. The number of aryl methyl sites for hydroxylation is 1. The molecule has 144 valence electrons. The fourth-order valence-electron chi connectivity index (χ4n) is 2.26. The van der Waals surface area contributed by atoms with E-state index in [0.717, 1.165) is 31.6 Å². The maximum Gasteiger partial charge on any atom is 0.246 e. The van der Waals surface area contributed by atoms with Gasteiger partial charge in [-0.2, -0.15) is 5.10 Å². The molecule has 0 fully saturated rings. The number of rotatable bonds is 8. The molecule has 2 rings (SSSR count). The predicted octanol–water partition coefficient (Wildman–Crippen LogP) is 2.07. The fraction of sp³-hybridized carbons (Fsp3) is 0.316. The lowest BCUT2D eigenvalue weighted by atomic mass is 10.2. The molecule has 0 atom stereocenters. The van der Waals surface area contributed by atoms with Crippen LogP contribution in [0.15, 0.2) is 47.7 Å². The van der Waals surface area contributed by atoms with Crippen LogP contribution in [0, 0.1) is 12.3 Å². The summed E-state index contributed by atoms with van der Waals surface area (Å²) < 4.78 is 1.88. The van der Waals surface area contributed by atoms with Crippen molar-refractivity contribution in [3.05, 3.63) is 48.3 Å². The van der Waals surface area contributed by atoms with Crippen LogP contribution in [0.2, 0.25) is 0 Å². The number of hydrogen-bond donors (Lipinski definition) is 3. The number of halogens is 1. The lowest BCUT2D eigenvalue weighted by molar-refractivity contribution is -0.114. The minimum absolute atomic E-state index is 0. The van der Waals surface area contributed by atoms with Gasteiger partial charge in [-0.1, -0.05) is 12.0 Å². The molecule has 1 amide bonds. The van der Waals surface area contributed by atoms with E-state index < -0.39 is 0 Å². The number of carbonyl (C=O) groups excluding carboxylic acids is 1. The summed E-state index contributed by atoms with van der Waals surface area (Å²) in [6.45, 7) is 4.28. The van der Waals surface area contributed by atoms with E-state index >= 15 is 0 Å². The van der Waals surface area contributed by atoms with Crippen LogP contribution >= 0.6 is 24.0 Å². The summed E-state index contributed by atoms with van der Waals surface area (Å²) in [6.07, 6.45) is 9.95. The quantitative estimate of drug-likeness (QED) is 0.178. The van der Waals surface area contributed by atoms with Gasteiger partial charge in [0.25, 0.3) is 0 Å². The number of nitrogens with zero attached hydrogens (tertiary/aromatic N) is 3. The second-order valence-corrected chi connectivity index (χ2v) is 5.52. The molecule has 2 aromatic rings. The summed E-state index contributed by atoms with van der Waals surface area (Å²) in [6, 6.07) is 9.06. The molecule has 7 nitrogen and oxygen atoms in total. The predicted molar refractivity (Wildman–Crippen MR) is 119 cm³/mol. The van der Waals surface area contributed by atoms with Gasteiger partial charge in [0.05, 0.1) is 0 Å². The third-order valence-electron chi connectivity index (χ3n) is 3.45. The van der Waals surface area contributed by atoms with Crippen molar-refractivity contribution in [2.75, 3.05) is 25.0 Å². The Bertz CT molecular complexity index is 767. The molecule has 0 saturated heterocycles. The van der Waals surface area contributed by atoms with Gasteiger partial charge in [0.15, 0.2) is 5.96 Å². The highest BCUT2D eigenvalue weighted by molar-refractivity contribution is 14.0. The Balaban J connectivity index is 0.00000364. The molecular formula is C19H25IN6O. The number of terminal acetylenes is 1. The molecule has 27 heavy (non-hydrogen) atoms. The molecule has 3 N–H and O–H groups in total. The second kappa shape index (κ2) is 12.8. The lowest BCUT2D eigenvalue weighted by Crippen LogP contribution is -2.38. The largest absolute Gasteiger partial charge is 0.357 e. The van der Waals surface area contributed by atoms with E-state index in [1.807, 2.05) is 29.9 Å². The molecule has 1 aromatic carbocycles. The van der Waals surface area contributed by atoms with Gasteiger partial charge in [-0.25, -0.2) is 4.99 Å². The Morgan fingerprint density at radius 3 is 2.89 bits per heavy atom. The summed E-state index contributed by atoms with van der Waals surface area (Å²) in [7, 11) is 0. The van der Waals surface area contributed by atoms with E-state index in [1.165, 1.54) is 0 Å². The normalized spacial score (nSPS) is 10.4. The maximum absolute atomic E-state index is 12.1. The van der Waals surface area contributed by atoms with Gasteiger partial charge < -0.3 is 16.0 Å². The molecular weight excluding hydrogens is 455 g/mol. The standard InChI is InChI=1S/C19H24N6O.HI/c1-3-16-8-5-9-17(14-16)24-18(26)15-22-19(20-4-2)21-10-6-12-25-13-7-11-23-25;/h1,5,7-9,11,13-14H,4,6,10,12,15H2,2H3,(H,24,26)(H2,20,21,22);1H. The zero-order chi connectivity index (χ0) is 18.6. The monoisotopic (exact) mass is 480 g/mol. The van der Waals surface area contributed by atoms with E-state index in [4.69, 9.17) is 6.42 Å². The summed E-state index contributed by atoms with van der Waals surface area (Å²) in [5.74, 6) is 2.95. The van der Waals surface area contributed by atoms with Crippen molar-refractivity contribution in [1.82, 2.24) is 20.4 Å². The van der Waals surface area contributed by atoms with Crippen molar-refractivity contribution >= 4 is 41.5 Å². The Morgan fingerprint density at radius 1 is 1.33 bits per heavy atom. The molecule has 1 aromatic heterocycles. The van der Waals surface area contributed by atoms with Gasteiger partial charge in [-0.15, -0.1) is 30.4 Å². The highest BCUT2D eigenvalue weighted by atomic mass is 127. The smallest absolute Gasteiger partial charge is 0.246 e. The maximum atomic E-state index is 12.1. The Morgan fingerprint density at radius 2 is 2.19 bits per heavy atom.